The van der Waals surface area contributed by atoms with Crippen LogP contribution in [0.4, 0.5) is 0 Å². The van der Waals surface area contributed by atoms with Gasteiger partial charge in [0, 0.05) is 12.3 Å². The van der Waals surface area contributed by atoms with Crippen LogP contribution in [0.25, 0.3) is 0 Å². The molecule has 0 aromatic carbocycles. The quantitative estimate of drug-likeness (QED) is 0.313. The normalized spacial score (nSPS) is 26.4. The van der Waals surface area contributed by atoms with Crippen molar-refractivity contribution in [3.63, 3.8) is 0 Å². The summed E-state index contributed by atoms with van der Waals surface area (Å²) in [6.07, 6.45) is 5.05. The molecule has 1 fully saturated rings. The first-order valence-corrected chi connectivity index (χ1v) is 11.6. The van der Waals surface area contributed by atoms with E-state index in [1.165, 1.54) is 0 Å². The number of aliphatic hydroxyl groups is 1. The molecule has 0 radical (unpaired) electrons. The lowest BCUT2D eigenvalue weighted by molar-refractivity contribution is -0.145. The summed E-state index contributed by atoms with van der Waals surface area (Å²) in [4.78, 5) is 40.4. The van der Waals surface area contributed by atoms with Crippen molar-refractivity contribution in [2.24, 2.45) is 16.7 Å². The van der Waals surface area contributed by atoms with Gasteiger partial charge in [-0.3, -0.25) is 14.4 Å². The van der Waals surface area contributed by atoms with Gasteiger partial charge in [0.1, 0.15) is 17.4 Å². The minimum atomic E-state index is -1.33. The number of allylic oxidation sites excluding steroid dienone is 6. The Morgan fingerprint density at radius 3 is 2.22 bits per heavy atom. The molecule has 1 saturated heterocycles. The molecular formula is C27H40O5. The van der Waals surface area contributed by atoms with Crippen LogP contribution in [0.2, 0.25) is 0 Å². The molecule has 0 aromatic heterocycles. The summed E-state index contributed by atoms with van der Waals surface area (Å²) >= 11 is 0. The molecule has 178 valence electrons. The molecule has 0 aromatic rings. The van der Waals surface area contributed by atoms with Gasteiger partial charge in [0.2, 0.25) is 0 Å². The second-order valence-corrected chi connectivity index (χ2v) is 11.1. The van der Waals surface area contributed by atoms with E-state index < -0.39 is 34.2 Å². The van der Waals surface area contributed by atoms with Crippen LogP contribution >= 0.6 is 0 Å². The van der Waals surface area contributed by atoms with Crippen LogP contribution < -0.4 is 0 Å². The number of carbonyl (C=O) groups is 3. The smallest absolute Gasteiger partial charge is 0.182 e. The average molecular weight is 445 g/mol. The first-order chi connectivity index (χ1) is 14.6. The summed E-state index contributed by atoms with van der Waals surface area (Å²) in [6.45, 7) is 16.3. The zero-order valence-corrected chi connectivity index (χ0v) is 21.2. The molecule has 3 atom stereocenters. The van der Waals surface area contributed by atoms with Crippen LogP contribution in [0.5, 0.6) is 0 Å². The third-order valence-corrected chi connectivity index (χ3v) is 6.78. The Labute approximate surface area is 193 Å². The van der Waals surface area contributed by atoms with E-state index in [1.54, 1.807) is 34.6 Å². The predicted molar refractivity (Wildman–Crippen MR) is 126 cm³/mol. The summed E-state index contributed by atoms with van der Waals surface area (Å²) in [7, 11) is 0. The fourth-order valence-corrected chi connectivity index (χ4v) is 4.64. The molecule has 1 aliphatic heterocycles. The van der Waals surface area contributed by atoms with Crippen LogP contribution in [0.15, 0.2) is 34.6 Å². The zero-order chi connectivity index (χ0) is 24.6. The number of fused-ring (bicyclic) bond motifs is 1. The Morgan fingerprint density at radius 1 is 1.16 bits per heavy atom. The van der Waals surface area contributed by atoms with Gasteiger partial charge in [-0.25, -0.2) is 0 Å². The van der Waals surface area contributed by atoms with Gasteiger partial charge < -0.3 is 9.84 Å². The number of hydrogen-bond acceptors (Lipinski definition) is 5. The molecule has 5 nitrogen and oxygen atoms in total. The van der Waals surface area contributed by atoms with Crippen molar-refractivity contribution in [2.45, 2.75) is 99.7 Å². The molecule has 2 rings (SSSR count). The van der Waals surface area contributed by atoms with Crippen molar-refractivity contribution in [1.29, 1.82) is 0 Å². The lowest BCUT2D eigenvalue weighted by Gasteiger charge is -2.39. The van der Waals surface area contributed by atoms with Gasteiger partial charge in [-0.2, -0.15) is 0 Å². The maximum absolute atomic E-state index is 13.8. The Balaban J connectivity index is 2.68. The van der Waals surface area contributed by atoms with Gasteiger partial charge in [-0.05, 0) is 67.7 Å². The van der Waals surface area contributed by atoms with E-state index in [-0.39, 0.29) is 29.3 Å². The molecule has 3 unspecified atom stereocenters. The van der Waals surface area contributed by atoms with Gasteiger partial charge in [0.05, 0.1) is 16.4 Å². The molecule has 0 saturated carbocycles. The zero-order valence-electron chi connectivity index (χ0n) is 21.2. The van der Waals surface area contributed by atoms with Crippen LogP contribution in [0.3, 0.4) is 0 Å². The summed E-state index contributed by atoms with van der Waals surface area (Å²) in [5.74, 6) is -1.25. The van der Waals surface area contributed by atoms with Crippen molar-refractivity contribution >= 4 is 17.3 Å². The van der Waals surface area contributed by atoms with Crippen molar-refractivity contribution < 1.29 is 24.2 Å². The first-order valence-electron chi connectivity index (χ1n) is 11.6. The van der Waals surface area contributed by atoms with Gasteiger partial charge in [0.25, 0.3) is 0 Å². The third kappa shape index (κ3) is 4.68. The van der Waals surface area contributed by atoms with Crippen molar-refractivity contribution in [3.8, 4) is 0 Å². The largest absolute Gasteiger partial charge is 0.490 e. The van der Waals surface area contributed by atoms with Crippen LogP contribution in [0, 0.1) is 16.7 Å². The van der Waals surface area contributed by atoms with E-state index >= 15 is 0 Å². The second kappa shape index (κ2) is 9.09. The topological polar surface area (TPSA) is 80.7 Å². The van der Waals surface area contributed by atoms with Gasteiger partial charge >= 0.3 is 0 Å². The fourth-order valence-electron chi connectivity index (χ4n) is 4.64. The maximum atomic E-state index is 13.8. The highest BCUT2D eigenvalue weighted by atomic mass is 16.5. The highest BCUT2D eigenvalue weighted by Gasteiger charge is 2.64. The van der Waals surface area contributed by atoms with E-state index in [0.717, 1.165) is 11.1 Å². The molecule has 32 heavy (non-hydrogen) atoms. The number of Topliss-reactive ketones (excluding diaryl/α,β-unsaturated/α-hetero) is 3. The monoisotopic (exact) mass is 444 g/mol. The Kier molecular flexibility index (Phi) is 7.45. The number of ether oxygens (including phenoxy) is 1. The lowest BCUT2D eigenvalue weighted by atomic mass is 9.58. The molecule has 1 N–H and O–H groups in total. The van der Waals surface area contributed by atoms with E-state index in [1.807, 2.05) is 33.8 Å². The van der Waals surface area contributed by atoms with E-state index in [0.29, 0.717) is 19.3 Å². The minimum absolute atomic E-state index is 0.00866. The standard InChI is InChI=1S/C27H40O5/c1-16(2)11-10-13-26(9,31)19-15-27(14-12-17(3)4)23(32-19)20(21(28)18(5)6)22(29)25(7,8)24(27)30/h11-12,18-19,31H,10,13-15H2,1-9H3. The highest BCUT2D eigenvalue weighted by molar-refractivity contribution is 6.31. The molecule has 1 aliphatic carbocycles. The van der Waals surface area contributed by atoms with Crippen molar-refractivity contribution in [1.82, 2.24) is 0 Å². The van der Waals surface area contributed by atoms with Gasteiger partial charge in [0.15, 0.2) is 17.3 Å². The van der Waals surface area contributed by atoms with E-state index in [4.69, 9.17) is 4.74 Å². The molecule has 5 heteroatoms. The van der Waals surface area contributed by atoms with Crippen LogP contribution in [0.1, 0.15) is 88.0 Å². The Morgan fingerprint density at radius 2 is 1.72 bits per heavy atom. The first kappa shape index (κ1) is 26.2. The maximum Gasteiger partial charge on any atom is 0.182 e. The molecule has 1 heterocycles. The van der Waals surface area contributed by atoms with Gasteiger partial charge in [-0.15, -0.1) is 0 Å². The average Bonchev–Trinajstić information content (AvgIpc) is 3.06. The van der Waals surface area contributed by atoms with Crippen molar-refractivity contribution in [2.75, 3.05) is 0 Å². The number of carbonyl (C=O) groups excluding carboxylic acids is 3. The molecule has 0 amide bonds. The van der Waals surface area contributed by atoms with Crippen LogP contribution in [-0.4, -0.2) is 34.2 Å². The van der Waals surface area contributed by atoms with Crippen molar-refractivity contribution in [3.05, 3.63) is 34.6 Å². The second-order valence-electron chi connectivity index (χ2n) is 11.1. The van der Waals surface area contributed by atoms with Crippen LogP contribution in [-0.2, 0) is 19.1 Å². The summed E-state index contributed by atoms with van der Waals surface area (Å²) in [5, 5.41) is 11.3. The highest BCUT2D eigenvalue weighted by Crippen LogP contribution is 2.56. The molecule has 0 bridgehead atoms. The molecule has 0 spiro atoms. The molecule has 2 aliphatic rings. The SMILES string of the molecule is CC(C)=CCCC(C)(O)C1CC2(CC=C(C)C)C(=O)C(C)(C)C(=O)C(C(=O)C(C)C)=C2O1. The van der Waals surface area contributed by atoms with Gasteiger partial charge in [-0.1, -0.05) is 37.1 Å². The number of hydrogen-bond donors (Lipinski definition) is 1. The van der Waals surface area contributed by atoms with E-state index in [2.05, 4.69) is 6.08 Å². The Hall–Kier alpha value is -2.01. The number of rotatable bonds is 8. The summed E-state index contributed by atoms with van der Waals surface area (Å²) in [6, 6.07) is 0. The lowest BCUT2D eigenvalue weighted by Crippen LogP contribution is -2.51. The van der Waals surface area contributed by atoms with E-state index in [9.17, 15) is 19.5 Å². The summed E-state index contributed by atoms with van der Waals surface area (Å²) < 4.78 is 6.26. The molecular weight excluding hydrogens is 404 g/mol. The summed E-state index contributed by atoms with van der Waals surface area (Å²) in [5.41, 5.74) is -1.46. The Bertz CT molecular complexity index is 889. The fraction of sp³-hybridized carbons (Fsp3) is 0.667. The third-order valence-electron chi connectivity index (χ3n) is 6.78. The minimum Gasteiger partial charge on any atom is -0.490 e. The predicted octanol–water partition coefficient (Wildman–Crippen LogP) is 5.27. The number of ketones is 3.